The standard InChI is InChI=1S/C19H38N4O4.2ClH/c1-5-7-11-21-18(24)26-15(3)23(17-9-13-20-14-10-17)16(4)27-19(25)22-12-8-6-2;;/h15-17,20H,5-14H2,1-4H3,(H,21,24)(H,22,25);2*1H. The van der Waals surface area contributed by atoms with Gasteiger partial charge in [-0.05, 0) is 52.6 Å². The van der Waals surface area contributed by atoms with Gasteiger partial charge < -0.3 is 25.4 Å². The summed E-state index contributed by atoms with van der Waals surface area (Å²) in [6.07, 6.45) is 3.82. The first-order valence-corrected chi connectivity index (χ1v) is 10.4. The SMILES string of the molecule is CCCCNC(=O)OC(C)N(C1CCNCC1)C(C)OC(=O)NCCCC.Cl.Cl. The fourth-order valence-corrected chi connectivity index (χ4v) is 3.24. The molecule has 2 amide bonds. The van der Waals surface area contributed by atoms with E-state index in [0.29, 0.717) is 13.1 Å². The maximum absolute atomic E-state index is 12.0. The molecule has 3 N–H and O–H groups in total. The molecule has 0 aromatic rings. The lowest BCUT2D eigenvalue weighted by molar-refractivity contribution is -0.118. The molecular weight excluding hydrogens is 419 g/mol. The molecule has 2 unspecified atom stereocenters. The summed E-state index contributed by atoms with van der Waals surface area (Å²) in [4.78, 5) is 26.1. The molecule has 10 heteroatoms. The Bertz CT molecular complexity index is 410. The number of amides is 2. The van der Waals surface area contributed by atoms with Crippen molar-refractivity contribution >= 4 is 37.0 Å². The van der Waals surface area contributed by atoms with Gasteiger partial charge in [0.25, 0.3) is 0 Å². The molecule has 0 bridgehead atoms. The van der Waals surface area contributed by atoms with Gasteiger partial charge in [-0.2, -0.15) is 0 Å². The van der Waals surface area contributed by atoms with Gasteiger partial charge in [0.15, 0.2) is 12.5 Å². The Morgan fingerprint density at radius 2 is 1.34 bits per heavy atom. The molecule has 0 saturated carbocycles. The van der Waals surface area contributed by atoms with E-state index in [1.54, 1.807) is 0 Å². The second kappa shape index (κ2) is 17.9. The number of halogens is 2. The molecule has 1 saturated heterocycles. The number of hydrogen-bond donors (Lipinski definition) is 3. The third-order valence-corrected chi connectivity index (χ3v) is 4.72. The number of alkyl carbamates (subject to hydrolysis) is 2. The normalized spacial score (nSPS) is 16.0. The van der Waals surface area contributed by atoms with Crippen molar-refractivity contribution in [3.05, 3.63) is 0 Å². The van der Waals surface area contributed by atoms with Crippen molar-refractivity contribution in [2.24, 2.45) is 0 Å². The lowest BCUT2D eigenvalue weighted by Gasteiger charge is -2.40. The zero-order valence-electron chi connectivity index (χ0n) is 18.2. The van der Waals surface area contributed by atoms with Crippen LogP contribution in [0.25, 0.3) is 0 Å². The monoisotopic (exact) mass is 458 g/mol. The number of ether oxygens (including phenoxy) is 2. The summed E-state index contributed by atoms with van der Waals surface area (Å²) in [7, 11) is 0. The Balaban J connectivity index is 0. The van der Waals surface area contributed by atoms with Gasteiger partial charge in [-0.25, -0.2) is 14.5 Å². The molecule has 8 nitrogen and oxygen atoms in total. The van der Waals surface area contributed by atoms with Crippen LogP contribution >= 0.6 is 24.8 Å². The highest BCUT2D eigenvalue weighted by atomic mass is 35.5. The van der Waals surface area contributed by atoms with Gasteiger partial charge >= 0.3 is 12.2 Å². The summed E-state index contributed by atoms with van der Waals surface area (Å²) in [6.45, 7) is 10.8. The molecule has 1 aliphatic heterocycles. The van der Waals surface area contributed by atoms with Crippen LogP contribution in [-0.2, 0) is 9.47 Å². The lowest BCUT2D eigenvalue weighted by atomic mass is 10.0. The zero-order valence-corrected chi connectivity index (χ0v) is 19.8. The zero-order chi connectivity index (χ0) is 20.1. The Morgan fingerprint density at radius 1 is 0.931 bits per heavy atom. The van der Waals surface area contributed by atoms with E-state index >= 15 is 0 Å². The van der Waals surface area contributed by atoms with Crippen LogP contribution in [0.5, 0.6) is 0 Å². The first kappa shape index (κ1) is 30.2. The predicted octanol–water partition coefficient (Wildman–Crippen LogP) is 3.63. The van der Waals surface area contributed by atoms with Crippen LogP contribution in [0.15, 0.2) is 0 Å². The van der Waals surface area contributed by atoms with E-state index in [1.165, 1.54) is 0 Å². The molecule has 0 aromatic carbocycles. The summed E-state index contributed by atoms with van der Waals surface area (Å²) >= 11 is 0. The average Bonchev–Trinajstić information content (AvgIpc) is 2.63. The van der Waals surface area contributed by atoms with E-state index < -0.39 is 24.6 Å². The fraction of sp³-hybridized carbons (Fsp3) is 0.895. The minimum Gasteiger partial charge on any atom is -0.430 e. The molecule has 1 fully saturated rings. The molecule has 0 aliphatic carbocycles. The summed E-state index contributed by atoms with van der Waals surface area (Å²) in [5.74, 6) is 0. The van der Waals surface area contributed by atoms with Crippen LogP contribution in [-0.4, -0.2) is 61.8 Å². The van der Waals surface area contributed by atoms with Gasteiger partial charge in [0.05, 0.1) is 0 Å². The van der Waals surface area contributed by atoms with Crippen molar-refractivity contribution in [3.63, 3.8) is 0 Å². The molecule has 1 rings (SSSR count). The number of unbranched alkanes of at least 4 members (excludes halogenated alkanes) is 2. The highest BCUT2D eigenvalue weighted by Crippen LogP contribution is 2.20. The Morgan fingerprint density at radius 3 is 1.72 bits per heavy atom. The molecule has 0 radical (unpaired) electrons. The third-order valence-electron chi connectivity index (χ3n) is 4.72. The fourth-order valence-electron chi connectivity index (χ4n) is 3.24. The van der Waals surface area contributed by atoms with Crippen LogP contribution in [0, 0.1) is 0 Å². The van der Waals surface area contributed by atoms with Gasteiger partial charge in [0.1, 0.15) is 0 Å². The Kier molecular flexibility index (Phi) is 18.6. The maximum Gasteiger partial charge on any atom is 0.408 e. The van der Waals surface area contributed by atoms with Crippen LogP contribution < -0.4 is 16.0 Å². The number of nitrogens with one attached hydrogen (secondary N) is 3. The second-order valence-electron chi connectivity index (χ2n) is 7.00. The number of rotatable bonds is 11. The van der Waals surface area contributed by atoms with Gasteiger partial charge in [0, 0.05) is 19.1 Å². The first-order chi connectivity index (χ1) is 13.0. The van der Waals surface area contributed by atoms with E-state index in [1.807, 2.05) is 18.7 Å². The Hall–Kier alpha value is -0.960. The smallest absolute Gasteiger partial charge is 0.408 e. The summed E-state index contributed by atoms with van der Waals surface area (Å²) < 4.78 is 11.1. The minimum atomic E-state index is -0.492. The van der Waals surface area contributed by atoms with Gasteiger partial charge in [-0.15, -0.1) is 24.8 Å². The van der Waals surface area contributed by atoms with Crippen molar-refractivity contribution in [2.75, 3.05) is 26.2 Å². The van der Waals surface area contributed by atoms with Crippen molar-refractivity contribution < 1.29 is 19.1 Å². The molecule has 29 heavy (non-hydrogen) atoms. The van der Waals surface area contributed by atoms with Gasteiger partial charge in [-0.3, -0.25) is 0 Å². The number of carbonyl (C=O) groups excluding carboxylic acids is 2. The van der Waals surface area contributed by atoms with E-state index in [9.17, 15) is 9.59 Å². The molecule has 2 atom stereocenters. The highest BCUT2D eigenvalue weighted by molar-refractivity contribution is 5.85. The number of carbonyl (C=O) groups is 2. The van der Waals surface area contributed by atoms with Crippen molar-refractivity contribution in [1.82, 2.24) is 20.9 Å². The van der Waals surface area contributed by atoms with Crippen molar-refractivity contribution in [2.45, 2.75) is 84.7 Å². The second-order valence-corrected chi connectivity index (χ2v) is 7.00. The van der Waals surface area contributed by atoms with Crippen molar-refractivity contribution in [1.29, 1.82) is 0 Å². The van der Waals surface area contributed by atoms with Crippen LogP contribution in [0.3, 0.4) is 0 Å². The van der Waals surface area contributed by atoms with Crippen LogP contribution in [0.4, 0.5) is 9.59 Å². The predicted molar refractivity (Wildman–Crippen MR) is 120 cm³/mol. The van der Waals surface area contributed by atoms with Gasteiger partial charge in [-0.1, -0.05) is 26.7 Å². The summed E-state index contributed by atoms with van der Waals surface area (Å²) in [5, 5.41) is 8.86. The van der Waals surface area contributed by atoms with Crippen LogP contribution in [0.2, 0.25) is 0 Å². The van der Waals surface area contributed by atoms with E-state index in [-0.39, 0.29) is 30.9 Å². The molecular formula is C19H40Cl2N4O4. The quantitative estimate of drug-likeness (QED) is 0.323. The first-order valence-electron chi connectivity index (χ1n) is 10.4. The largest absolute Gasteiger partial charge is 0.430 e. The third kappa shape index (κ3) is 12.4. The molecule has 0 spiro atoms. The lowest BCUT2D eigenvalue weighted by Crippen LogP contribution is -2.54. The topological polar surface area (TPSA) is 91.9 Å². The van der Waals surface area contributed by atoms with E-state index in [4.69, 9.17) is 9.47 Å². The molecule has 0 aromatic heterocycles. The molecule has 174 valence electrons. The number of hydrogen-bond acceptors (Lipinski definition) is 6. The Labute approximate surface area is 188 Å². The van der Waals surface area contributed by atoms with Crippen molar-refractivity contribution in [3.8, 4) is 0 Å². The van der Waals surface area contributed by atoms with Crippen LogP contribution in [0.1, 0.15) is 66.2 Å². The summed E-state index contributed by atoms with van der Waals surface area (Å²) in [6, 6.07) is 0.183. The van der Waals surface area contributed by atoms with E-state index in [0.717, 1.165) is 51.6 Å². The maximum atomic E-state index is 12.0. The minimum absolute atomic E-state index is 0. The number of nitrogens with zero attached hydrogens (tertiary/aromatic N) is 1. The molecule has 1 aliphatic rings. The summed E-state index contributed by atoms with van der Waals surface area (Å²) in [5.41, 5.74) is 0. The van der Waals surface area contributed by atoms with Gasteiger partial charge in [0.2, 0.25) is 0 Å². The number of piperidine rings is 1. The molecule has 1 heterocycles. The average molecular weight is 459 g/mol. The highest BCUT2D eigenvalue weighted by Gasteiger charge is 2.33. The van der Waals surface area contributed by atoms with E-state index in [2.05, 4.69) is 29.8 Å².